The van der Waals surface area contributed by atoms with Gasteiger partial charge in [0.1, 0.15) is 11.6 Å². The summed E-state index contributed by atoms with van der Waals surface area (Å²) in [6.07, 6.45) is 1.01. The van der Waals surface area contributed by atoms with Gasteiger partial charge in [-0.2, -0.15) is 0 Å². The number of hydrogen-bond acceptors (Lipinski definition) is 5. The van der Waals surface area contributed by atoms with Gasteiger partial charge in [-0.05, 0) is 52.7 Å². The van der Waals surface area contributed by atoms with Crippen LogP contribution in [0.1, 0.15) is 56.0 Å². The van der Waals surface area contributed by atoms with E-state index < -0.39 is 23.7 Å². The lowest BCUT2D eigenvalue weighted by atomic mass is 9.90. The van der Waals surface area contributed by atoms with Crippen LogP contribution in [0.3, 0.4) is 0 Å². The summed E-state index contributed by atoms with van der Waals surface area (Å²) in [5, 5.41) is 2.80. The number of ether oxygens (including phenoxy) is 1. The Morgan fingerprint density at radius 3 is 2.44 bits per heavy atom. The van der Waals surface area contributed by atoms with Gasteiger partial charge in [0.15, 0.2) is 5.78 Å². The Morgan fingerprint density at radius 1 is 1.12 bits per heavy atom. The zero-order chi connectivity index (χ0) is 23.5. The fraction of sp³-hybridized carbons (Fsp3) is 0.583. The van der Waals surface area contributed by atoms with Crippen LogP contribution in [-0.2, 0) is 14.3 Å². The second-order valence-corrected chi connectivity index (χ2v) is 9.61. The molecule has 1 aromatic rings. The van der Waals surface area contributed by atoms with Crippen LogP contribution >= 0.6 is 0 Å². The molecule has 2 aliphatic rings. The third-order valence-electron chi connectivity index (χ3n) is 5.81. The van der Waals surface area contributed by atoms with E-state index in [1.54, 1.807) is 32.9 Å². The normalized spacial score (nSPS) is 21.7. The summed E-state index contributed by atoms with van der Waals surface area (Å²) in [5.74, 6) is -0.980. The number of piperazine rings is 1. The molecule has 1 unspecified atom stereocenters. The number of hydrogen-bond donors (Lipinski definition) is 1. The summed E-state index contributed by atoms with van der Waals surface area (Å²) in [5.41, 5.74) is 0.868. The van der Waals surface area contributed by atoms with E-state index in [1.165, 1.54) is 9.80 Å². The number of nitrogens with zero attached hydrogens (tertiary/aromatic N) is 2. The molecule has 1 aromatic carbocycles. The van der Waals surface area contributed by atoms with Crippen molar-refractivity contribution in [1.82, 2.24) is 15.1 Å². The van der Waals surface area contributed by atoms with Crippen LogP contribution in [0.15, 0.2) is 24.3 Å². The highest BCUT2D eigenvalue weighted by Crippen LogP contribution is 2.23. The number of rotatable bonds is 4. The number of ketones is 1. The van der Waals surface area contributed by atoms with Gasteiger partial charge in [0.05, 0.1) is 6.54 Å². The number of benzene rings is 1. The molecule has 0 bridgehead atoms. The molecule has 0 saturated carbocycles. The Kier molecular flexibility index (Phi) is 7.21. The standard InChI is InChI=1S/C24H33N3O5/c1-16-7-9-17(10-8-16)22(30)27-13-12-26(23(31)32-24(2,3)4)15-19(27)20(28)14-18-6-5-11-25-21(18)29/h7-10,18-19H,5-6,11-15H2,1-4H3,(H,25,29)/t18-,19?/m1/s1. The van der Waals surface area contributed by atoms with Gasteiger partial charge in [-0.15, -0.1) is 0 Å². The van der Waals surface area contributed by atoms with Crippen LogP contribution in [-0.4, -0.2) is 71.3 Å². The van der Waals surface area contributed by atoms with Crippen molar-refractivity contribution in [2.45, 2.75) is 58.6 Å². The fourth-order valence-corrected chi connectivity index (χ4v) is 4.06. The van der Waals surface area contributed by atoms with E-state index in [0.29, 0.717) is 18.5 Å². The van der Waals surface area contributed by atoms with Crippen LogP contribution in [0.2, 0.25) is 0 Å². The molecule has 8 nitrogen and oxygen atoms in total. The van der Waals surface area contributed by atoms with Crippen LogP contribution in [0.4, 0.5) is 4.79 Å². The smallest absolute Gasteiger partial charge is 0.410 e. The lowest BCUT2D eigenvalue weighted by molar-refractivity contribution is -0.133. The molecule has 2 saturated heterocycles. The molecule has 8 heteroatoms. The van der Waals surface area contributed by atoms with Crippen LogP contribution in [0, 0.1) is 12.8 Å². The molecule has 0 aromatic heterocycles. The number of carbonyl (C=O) groups excluding carboxylic acids is 4. The van der Waals surface area contributed by atoms with E-state index in [0.717, 1.165) is 12.0 Å². The molecule has 2 heterocycles. The number of aryl methyl sites for hydroxylation is 1. The zero-order valence-corrected chi connectivity index (χ0v) is 19.3. The van der Waals surface area contributed by atoms with E-state index in [-0.39, 0.29) is 43.7 Å². The first kappa shape index (κ1) is 23.8. The van der Waals surface area contributed by atoms with Gasteiger partial charge in [-0.1, -0.05) is 17.7 Å². The summed E-state index contributed by atoms with van der Waals surface area (Å²) in [6.45, 7) is 8.47. The molecular formula is C24H33N3O5. The van der Waals surface area contributed by atoms with Gasteiger partial charge in [0, 0.05) is 37.5 Å². The van der Waals surface area contributed by atoms with Crippen molar-refractivity contribution in [3.63, 3.8) is 0 Å². The summed E-state index contributed by atoms with van der Waals surface area (Å²) in [6, 6.07) is 6.38. The van der Waals surface area contributed by atoms with Crippen molar-refractivity contribution in [2.75, 3.05) is 26.2 Å². The maximum atomic E-state index is 13.3. The average Bonchev–Trinajstić information content (AvgIpc) is 2.73. The molecule has 3 amide bonds. The average molecular weight is 444 g/mol. The van der Waals surface area contributed by atoms with E-state index in [2.05, 4.69) is 5.32 Å². The van der Waals surface area contributed by atoms with Crippen molar-refractivity contribution in [3.05, 3.63) is 35.4 Å². The Labute approximate surface area is 189 Å². The topological polar surface area (TPSA) is 96.0 Å². The largest absolute Gasteiger partial charge is 0.444 e. The van der Waals surface area contributed by atoms with E-state index in [1.807, 2.05) is 19.1 Å². The van der Waals surface area contributed by atoms with Gasteiger partial charge >= 0.3 is 6.09 Å². The molecule has 3 rings (SSSR count). The molecule has 1 N–H and O–H groups in total. The minimum atomic E-state index is -0.820. The molecule has 2 fully saturated rings. The Morgan fingerprint density at radius 2 is 1.81 bits per heavy atom. The van der Waals surface area contributed by atoms with Gasteiger partial charge in [0.2, 0.25) is 5.91 Å². The molecule has 32 heavy (non-hydrogen) atoms. The third kappa shape index (κ3) is 5.87. The minimum Gasteiger partial charge on any atom is -0.444 e. The van der Waals surface area contributed by atoms with E-state index >= 15 is 0 Å². The molecule has 2 atom stereocenters. The molecule has 0 spiro atoms. The summed E-state index contributed by atoms with van der Waals surface area (Å²) < 4.78 is 5.47. The van der Waals surface area contributed by atoms with E-state index in [4.69, 9.17) is 4.74 Å². The SMILES string of the molecule is Cc1ccc(C(=O)N2CCN(C(=O)OC(C)(C)C)CC2C(=O)C[C@H]2CCCNC2=O)cc1. The monoisotopic (exact) mass is 443 g/mol. The summed E-state index contributed by atoms with van der Waals surface area (Å²) in [4.78, 5) is 54.4. The highest BCUT2D eigenvalue weighted by molar-refractivity contribution is 5.99. The maximum absolute atomic E-state index is 13.3. The summed E-state index contributed by atoms with van der Waals surface area (Å²) >= 11 is 0. The lowest BCUT2D eigenvalue weighted by Gasteiger charge is -2.41. The zero-order valence-electron chi connectivity index (χ0n) is 19.3. The first-order chi connectivity index (χ1) is 15.0. The maximum Gasteiger partial charge on any atom is 0.410 e. The molecule has 0 aliphatic carbocycles. The number of nitrogens with one attached hydrogen (secondary N) is 1. The van der Waals surface area contributed by atoms with Gasteiger partial charge < -0.3 is 19.9 Å². The number of piperidine rings is 1. The second kappa shape index (κ2) is 9.71. The van der Waals surface area contributed by atoms with Crippen LogP contribution in [0.25, 0.3) is 0 Å². The highest BCUT2D eigenvalue weighted by atomic mass is 16.6. The van der Waals surface area contributed by atoms with Gasteiger partial charge in [0.25, 0.3) is 5.91 Å². The van der Waals surface area contributed by atoms with Crippen molar-refractivity contribution >= 4 is 23.7 Å². The molecule has 2 aliphatic heterocycles. The predicted octanol–water partition coefficient (Wildman–Crippen LogP) is 2.54. The number of amides is 3. The minimum absolute atomic E-state index is 0.0519. The van der Waals surface area contributed by atoms with Crippen molar-refractivity contribution < 1.29 is 23.9 Å². The van der Waals surface area contributed by atoms with Gasteiger partial charge in [-0.3, -0.25) is 14.4 Å². The third-order valence-corrected chi connectivity index (χ3v) is 5.81. The molecular weight excluding hydrogens is 410 g/mol. The van der Waals surface area contributed by atoms with Crippen molar-refractivity contribution in [3.8, 4) is 0 Å². The predicted molar refractivity (Wildman–Crippen MR) is 119 cm³/mol. The quantitative estimate of drug-likeness (QED) is 0.772. The van der Waals surface area contributed by atoms with Crippen LogP contribution < -0.4 is 5.32 Å². The fourth-order valence-electron chi connectivity index (χ4n) is 4.06. The van der Waals surface area contributed by atoms with Crippen LogP contribution in [0.5, 0.6) is 0 Å². The Bertz CT molecular complexity index is 875. The highest BCUT2D eigenvalue weighted by Gasteiger charge is 2.39. The first-order valence-corrected chi connectivity index (χ1v) is 11.2. The summed E-state index contributed by atoms with van der Waals surface area (Å²) in [7, 11) is 0. The van der Waals surface area contributed by atoms with Crippen molar-refractivity contribution in [2.24, 2.45) is 5.92 Å². The van der Waals surface area contributed by atoms with Crippen molar-refractivity contribution in [1.29, 1.82) is 0 Å². The number of Topliss-reactive ketones (excluding diaryl/α,β-unsaturated/α-hetero) is 1. The van der Waals surface area contributed by atoms with Gasteiger partial charge in [-0.25, -0.2) is 4.79 Å². The molecule has 174 valence electrons. The Balaban J connectivity index is 1.80. The molecule has 0 radical (unpaired) electrons. The second-order valence-electron chi connectivity index (χ2n) is 9.61. The first-order valence-electron chi connectivity index (χ1n) is 11.2. The lowest BCUT2D eigenvalue weighted by Crippen LogP contribution is -2.60. The Hall–Kier alpha value is -2.90. The van der Waals surface area contributed by atoms with E-state index in [9.17, 15) is 19.2 Å². The number of carbonyl (C=O) groups is 4.